The summed E-state index contributed by atoms with van der Waals surface area (Å²) in [5.74, 6) is 0. The number of unbranched alkanes of at least 4 members (excludes halogenated alkanes) is 2. The van der Waals surface area contributed by atoms with Gasteiger partial charge in [0, 0.05) is 11.1 Å². The third kappa shape index (κ3) is 4.33. The summed E-state index contributed by atoms with van der Waals surface area (Å²) in [6.07, 6.45) is 5.05. The maximum absolute atomic E-state index is 6.19. The zero-order valence-corrected chi connectivity index (χ0v) is 12.0. The SMILES string of the molecule is CCCCCC(NCC)c1cccc(Cl)c1C. The highest BCUT2D eigenvalue weighted by Crippen LogP contribution is 2.27. The summed E-state index contributed by atoms with van der Waals surface area (Å²) in [5, 5.41) is 4.44. The quantitative estimate of drug-likeness (QED) is 0.683. The molecule has 1 nitrogen and oxygen atoms in total. The summed E-state index contributed by atoms with van der Waals surface area (Å²) < 4.78 is 0. The predicted octanol–water partition coefficient (Wildman–Crippen LogP) is 4.88. The maximum atomic E-state index is 6.19. The molecule has 1 atom stereocenters. The Morgan fingerprint density at radius 1 is 1.24 bits per heavy atom. The molecule has 0 fully saturated rings. The Bertz CT molecular complexity index is 336. The van der Waals surface area contributed by atoms with Crippen molar-refractivity contribution < 1.29 is 0 Å². The van der Waals surface area contributed by atoms with Gasteiger partial charge in [-0.2, -0.15) is 0 Å². The fraction of sp³-hybridized carbons (Fsp3) is 0.600. The van der Waals surface area contributed by atoms with E-state index in [0.717, 1.165) is 11.6 Å². The van der Waals surface area contributed by atoms with Gasteiger partial charge in [0.15, 0.2) is 0 Å². The zero-order chi connectivity index (χ0) is 12.7. The molecule has 0 saturated carbocycles. The molecule has 2 heteroatoms. The predicted molar refractivity (Wildman–Crippen MR) is 76.7 cm³/mol. The van der Waals surface area contributed by atoms with Crippen molar-refractivity contribution in [1.82, 2.24) is 5.32 Å². The molecule has 96 valence electrons. The van der Waals surface area contributed by atoms with Gasteiger partial charge in [-0.25, -0.2) is 0 Å². The molecule has 0 aliphatic carbocycles. The average Bonchev–Trinajstić information content (AvgIpc) is 2.32. The van der Waals surface area contributed by atoms with Crippen LogP contribution in [0.4, 0.5) is 0 Å². The van der Waals surface area contributed by atoms with E-state index < -0.39 is 0 Å². The van der Waals surface area contributed by atoms with Crippen molar-refractivity contribution in [2.24, 2.45) is 0 Å². The number of rotatable bonds is 7. The largest absolute Gasteiger partial charge is 0.310 e. The number of hydrogen-bond acceptors (Lipinski definition) is 1. The van der Waals surface area contributed by atoms with Gasteiger partial charge in [-0.05, 0) is 37.1 Å². The zero-order valence-electron chi connectivity index (χ0n) is 11.2. The number of hydrogen-bond donors (Lipinski definition) is 1. The van der Waals surface area contributed by atoms with Crippen LogP contribution in [0, 0.1) is 6.92 Å². The molecule has 0 aliphatic heterocycles. The van der Waals surface area contributed by atoms with Crippen molar-refractivity contribution in [1.29, 1.82) is 0 Å². The summed E-state index contributed by atoms with van der Waals surface area (Å²) in [7, 11) is 0. The van der Waals surface area contributed by atoms with Crippen LogP contribution in [0.25, 0.3) is 0 Å². The van der Waals surface area contributed by atoms with Crippen molar-refractivity contribution in [3.8, 4) is 0 Å². The Balaban J connectivity index is 2.77. The Hall–Kier alpha value is -0.530. The summed E-state index contributed by atoms with van der Waals surface area (Å²) in [5.41, 5.74) is 2.58. The first-order valence-corrected chi connectivity index (χ1v) is 7.06. The minimum Gasteiger partial charge on any atom is -0.310 e. The number of halogens is 1. The first-order valence-electron chi connectivity index (χ1n) is 6.69. The van der Waals surface area contributed by atoms with E-state index in [1.807, 2.05) is 6.07 Å². The van der Waals surface area contributed by atoms with Crippen LogP contribution in [0.5, 0.6) is 0 Å². The van der Waals surface area contributed by atoms with E-state index in [4.69, 9.17) is 11.6 Å². The molecule has 0 bridgehead atoms. The molecule has 0 spiro atoms. The second-order valence-corrected chi connectivity index (χ2v) is 4.97. The first kappa shape index (κ1) is 14.5. The van der Waals surface area contributed by atoms with E-state index in [1.54, 1.807) is 0 Å². The van der Waals surface area contributed by atoms with Crippen LogP contribution in [-0.4, -0.2) is 6.54 Å². The van der Waals surface area contributed by atoms with Gasteiger partial charge in [0.05, 0.1) is 0 Å². The lowest BCUT2D eigenvalue weighted by molar-refractivity contribution is 0.485. The minimum absolute atomic E-state index is 0.449. The smallest absolute Gasteiger partial charge is 0.0438 e. The highest BCUT2D eigenvalue weighted by molar-refractivity contribution is 6.31. The fourth-order valence-electron chi connectivity index (χ4n) is 2.21. The molecule has 1 aromatic rings. The van der Waals surface area contributed by atoms with Gasteiger partial charge in [0.25, 0.3) is 0 Å². The van der Waals surface area contributed by atoms with Crippen molar-refractivity contribution >= 4 is 11.6 Å². The molecule has 1 unspecified atom stereocenters. The van der Waals surface area contributed by atoms with Gasteiger partial charge in [0.1, 0.15) is 0 Å². The summed E-state index contributed by atoms with van der Waals surface area (Å²) in [6, 6.07) is 6.66. The van der Waals surface area contributed by atoms with Crippen LogP contribution in [0.1, 0.15) is 56.7 Å². The van der Waals surface area contributed by atoms with E-state index in [2.05, 4.69) is 38.2 Å². The summed E-state index contributed by atoms with van der Waals surface area (Å²) in [4.78, 5) is 0. The molecule has 1 aromatic carbocycles. The molecule has 0 amide bonds. The van der Waals surface area contributed by atoms with Crippen LogP contribution in [-0.2, 0) is 0 Å². The van der Waals surface area contributed by atoms with Crippen LogP contribution in [0.3, 0.4) is 0 Å². The van der Waals surface area contributed by atoms with Gasteiger partial charge in [0.2, 0.25) is 0 Å². The van der Waals surface area contributed by atoms with Crippen LogP contribution >= 0.6 is 11.6 Å². The summed E-state index contributed by atoms with van der Waals surface area (Å²) in [6.45, 7) is 7.52. The molecule has 0 heterocycles. The topological polar surface area (TPSA) is 12.0 Å². The Labute approximate surface area is 111 Å². The third-order valence-corrected chi connectivity index (χ3v) is 3.64. The number of nitrogens with one attached hydrogen (secondary N) is 1. The van der Waals surface area contributed by atoms with Crippen LogP contribution < -0.4 is 5.32 Å². The monoisotopic (exact) mass is 253 g/mol. The minimum atomic E-state index is 0.449. The van der Waals surface area contributed by atoms with Crippen molar-refractivity contribution in [2.45, 2.75) is 52.5 Å². The number of benzene rings is 1. The summed E-state index contributed by atoms with van der Waals surface area (Å²) >= 11 is 6.19. The lowest BCUT2D eigenvalue weighted by Gasteiger charge is -2.21. The second kappa shape index (κ2) is 7.73. The van der Waals surface area contributed by atoms with Gasteiger partial charge in [-0.1, -0.05) is 56.8 Å². The standard InChI is InChI=1S/C15H24ClN/c1-4-6-7-11-15(17-5-2)13-9-8-10-14(16)12(13)3/h8-10,15,17H,4-7,11H2,1-3H3. The molecular formula is C15H24ClN. The van der Waals surface area contributed by atoms with Crippen LogP contribution in [0.2, 0.25) is 5.02 Å². The van der Waals surface area contributed by atoms with E-state index >= 15 is 0 Å². The molecule has 0 radical (unpaired) electrons. The molecule has 0 aliphatic rings. The van der Waals surface area contributed by atoms with Crippen molar-refractivity contribution in [3.05, 3.63) is 34.3 Å². The molecule has 1 rings (SSSR count). The van der Waals surface area contributed by atoms with E-state index in [9.17, 15) is 0 Å². The van der Waals surface area contributed by atoms with E-state index in [-0.39, 0.29) is 0 Å². The first-order chi connectivity index (χ1) is 8.20. The Kier molecular flexibility index (Phi) is 6.61. The average molecular weight is 254 g/mol. The van der Waals surface area contributed by atoms with E-state index in [0.29, 0.717) is 6.04 Å². The Morgan fingerprint density at radius 3 is 2.65 bits per heavy atom. The lowest BCUT2D eigenvalue weighted by Crippen LogP contribution is -2.21. The van der Waals surface area contributed by atoms with Crippen molar-refractivity contribution in [2.75, 3.05) is 6.54 Å². The molecule has 17 heavy (non-hydrogen) atoms. The van der Waals surface area contributed by atoms with E-state index in [1.165, 1.54) is 36.8 Å². The van der Waals surface area contributed by atoms with Gasteiger partial charge >= 0.3 is 0 Å². The molecular weight excluding hydrogens is 230 g/mol. The Morgan fingerprint density at radius 2 is 2.00 bits per heavy atom. The lowest BCUT2D eigenvalue weighted by atomic mass is 9.96. The van der Waals surface area contributed by atoms with Crippen LogP contribution in [0.15, 0.2) is 18.2 Å². The molecule has 0 saturated heterocycles. The highest BCUT2D eigenvalue weighted by atomic mass is 35.5. The maximum Gasteiger partial charge on any atom is 0.0438 e. The fourth-order valence-corrected chi connectivity index (χ4v) is 2.40. The molecule has 1 N–H and O–H groups in total. The highest BCUT2D eigenvalue weighted by Gasteiger charge is 2.13. The van der Waals surface area contributed by atoms with Gasteiger partial charge < -0.3 is 5.32 Å². The third-order valence-electron chi connectivity index (χ3n) is 3.23. The normalized spacial score (nSPS) is 12.7. The van der Waals surface area contributed by atoms with Gasteiger partial charge in [-0.3, -0.25) is 0 Å². The second-order valence-electron chi connectivity index (χ2n) is 4.56. The van der Waals surface area contributed by atoms with Crippen molar-refractivity contribution in [3.63, 3.8) is 0 Å². The molecule has 0 aromatic heterocycles. The van der Waals surface area contributed by atoms with Gasteiger partial charge in [-0.15, -0.1) is 0 Å².